The first-order valence-corrected chi connectivity index (χ1v) is 7.67. The maximum Gasteiger partial charge on any atom is 0.187 e. The maximum atomic E-state index is 10.3. The molecule has 0 saturated carbocycles. The molecule has 1 aromatic rings. The molecule has 5 N–H and O–H groups in total. The topological polar surface area (TPSA) is 129 Å². The Labute approximate surface area is 139 Å². The molecule has 0 radical (unpaired) electrons. The van der Waals surface area contributed by atoms with Crippen LogP contribution >= 0.6 is 0 Å². The van der Waals surface area contributed by atoms with Crippen molar-refractivity contribution in [3.05, 3.63) is 29.8 Å². The van der Waals surface area contributed by atoms with E-state index >= 15 is 0 Å². The number of aliphatic hydroxyl groups excluding tert-OH is 5. The fourth-order valence-electron chi connectivity index (χ4n) is 2.54. The second-order valence-corrected chi connectivity index (χ2v) is 5.76. The van der Waals surface area contributed by atoms with Gasteiger partial charge < -0.3 is 39.7 Å². The normalized spacial score (nSPS) is 33.0. The number of benzene rings is 1. The first-order chi connectivity index (χ1) is 11.4. The third-order valence-electron chi connectivity index (χ3n) is 4.10. The predicted octanol–water partition coefficient (Wildman–Crippen LogP) is -1.07. The first-order valence-electron chi connectivity index (χ1n) is 7.67. The predicted molar refractivity (Wildman–Crippen MR) is 82.3 cm³/mol. The minimum absolute atomic E-state index is 0.541. The van der Waals surface area contributed by atoms with Crippen molar-refractivity contribution in [2.75, 3.05) is 13.7 Å². The molecule has 1 fully saturated rings. The fourth-order valence-corrected chi connectivity index (χ4v) is 2.54. The van der Waals surface area contributed by atoms with Gasteiger partial charge in [-0.2, -0.15) is 0 Å². The lowest BCUT2D eigenvalue weighted by atomic mass is 9.99. The van der Waals surface area contributed by atoms with E-state index in [2.05, 4.69) is 0 Å². The number of methoxy groups -OCH3 is 1. The zero-order chi connectivity index (χ0) is 17.9. The van der Waals surface area contributed by atoms with Gasteiger partial charge in [-0.1, -0.05) is 12.1 Å². The molecule has 1 aromatic carbocycles. The van der Waals surface area contributed by atoms with Gasteiger partial charge in [0.2, 0.25) is 0 Å². The van der Waals surface area contributed by atoms with Crippen LogP contribution in [0.4, 0.5) is 0 Å². The molecule has 8 heteroatoms. The lowest BCUT2D eigenvalue weighted by molar-refractivity contribution is -0.315. The average molecular weight is 344 g/mol. The van der Waals surface area contributed by atoms with Gasteiger partial charge in [-0.3, -0.25) is 0 Å². The summed E-state index contributed by atoms with van der Waals surface area (Å²) in [7, 11) is 1.54. The maximum absolute atomic E-state index is 10.3. The number of rotatable bonds is 6. The van der Waals surface area contributed by atoms with Gasteiger partial charge in [-0.05, 0) is 24.6 Å². The molecular formula is C16H24O8. The summed E-state index contributed by atoms with van der Waals surface area (Å²) in [5, 5.41) is 48.9. The van der Waals surface area contributed by atoms with Gasteiger partial charge in [-0.25, -0.2) is 0 Å². The van der Waals surface area contributed by atoms with Crippen LogP contribution in [0.2, 0.25) is 0 Å². The fraction of sp³-hybridized carbons (Fsp3) is 0.625. The largest absolute Gasteiger partial charge is 0.497 e. The Balaban J connectivity index is 2.02. The van der Waals surface area contributed by atoms with Crippen LogP contribution in [0.15, 0.2) is 24.3 Å². The van der Waals surface area contributed by atoms with E-state index in [0.29, 0.717) is 11.3 Å². The average Bonchev–Trinajstić information content (AvgIpc) is 2.61. The molecule has 24 heavy (non-hydrogen) atoms. The van der Waals surface area contributed by atoms with E-state index in [-0.39, 0.29) is 0 Å². The third-order valence-corrected chi connectivity index (χ3v) is 4.10. The molecule has 7 atom stereocenters. The molecule has 136 valence electrons. The minimum atomic E-state index is -1.52. The highest BCUT2D eigenvalue weighted by atomic mass is 16.7. The van der Waals surface area contributed by atoms with Crippen molar-refractivity contribution < 1.29 is 39.7 Å². The number of hydrogen-bond donors (Lipinski definition) is 5. The van der Waals surface area contributed by atoms with Crippen molar-refractivity contribution in [3.63, 3.8) is 0 Å². The Morgan fingerprint density at radius 3 is 2.25 bits per heavy atom. The summed E-state index contributed by atoms with van der Waals surface area (Å²) in [6, 6.07) is 6.74. The van der Waals surface area contributed by atoms with Crippen molar-refractivity contribution in [2.24, 2.45) is 0 Å². The van der Waals surface area contributed by atoms with Gasteiger partial charge in [0.1, 0.15) is 36.3 Å². The summed E-state index contributed by atoms with van der Waals surface area (Å²) in [5.41, 5.74) is 0.577. The standard InChI is InChI=1S/C16H24O8/c1-8(12(18)9-3-5-10(22-2)6-4-9)23-16-15(21)14(20)13(19)11(7-17)24-16/h3-6,8,11-21H,7H2,1-2H3/t8-,11+,12-,13-,14-,15-,16+/m1/s1. The van der Waals surface area contributed by atoms with Crippen molar-refractivity contribution in [2.45, 2.75) is 49.8 Å². The molecule has 8 nitrogen and oxygen atoms in total. The number of ether oxygens (including phenoxy) is 3. The summed E-state index contributed by atoms with van der Waals surface area (Å²) in [6.07, 6.45) is -8.61. The SMILES string of the molecule is COc1ccc([C@H](O)[C@@H](C)O[C@H]2O[C@@H](CO)[C@@H](O)[C@@H](O)[C@H]2O)cc1. The van der Waals surface area contributed by atoms with Crippen LogP contribution in [0.25, 0.3) is 0 Å². The summed E-state index contributed by atoms with van der Waals surface area (Å²) in [4.78, 5) is 0. The van der Waals surface area contributed by atoms with Crippen LogP contribution in [-0.2, 0) is 9.47 Å². The van der Waals surface area contributed by atoms with Crippen LogP contribution in [0, 0.1) is 0 Å². The summed E-state index contributed by atoms with van der Waals surface area (Å²) < 4.78 is 15.8. The molecule has 0 bridgehead atoms. The van der Waals surface area contributed by atoms with Crippen LogP contribution in [0.1, 0.15) is 18.6 Å². The summed E-state index contributed by atoms with van der Waals surface area (Å²) >= 11 is 0. The van der Waals surface area contributed by atoms with E-state index in [1.807, 2.05) is 0 Å². The number of hydrogen-bond acceptors (Lipinski definition) is 8. The Morgan fingerprint density at radius 2 is 1.71 bits per heavy atom. The second kappa shape index (κ2) is 8.21. The van der Waals surface area contributed by atoms with E-state index < -0.39 is 49.5 Å². The molecule has 1 saturated heterocycles. The summed E-state index contributed by atoms with van der Waals surface area (Å²) in [5.74, 6) is 0.647. The lowest BCUT2D eigenvalue weighted by Crippen LogP contribution is -2.59. The molecule has 1 aliphatic rings. The third kappa shape index (κ3) is 4.04. The van der Waals surface area contributed by atoms with Crippen LogP contribution in [0.5, 0.6) is 5.75 Å². The highest BCUT2D eigenvalue weighted by Gasteiger charge is 2.44. The van der Waals surface area contributed by atoms with Gasteiger partial charge >= 0.3 is 0 Å². The lowest BCUT2D eigenvalue weighted by Gasteiger charge is -2.41. The monoisotopic (exact) mass is 344 g/mol. The van der Waals surface area contributed by atoms with Gasteiger partial charge in [0, 0.05) is 0 Å². The van der Waals surface area contributed by atoms with E-state index in [0.717, 1.165) is 0 Å². The van der Waals surface area contributed by atoms with Gasteiger partial charge in [0.25, 0.3) is 0 Å². The molecule has 0 aromatic heterocycles. The van der Waals surface area contributed by atoms with Crippen LogP contribution in [-0.4, -0.2) is 76.1 Å². The van der Waals surface area contributed by atoms with Crippen molar-refractivity contribution in [3.8, 4) is 5.75 Å². The van der Waals surface area contributed by atoms with E-state index in [4.69, 9.17) is 19.3 Å². The van der Waals surface area contributed by atoms with Crippen molar-refractivity contribution in [1.29, 1.82) is 0 Å². The Bertz CT molecular complexity index is 505. The first kappa shape index (κ1) is 19.1. The van der Waals surface area contributed by atoms with Crippen molar-refractivity contribution in [1.82, 2.24) is 0 Å². The zero-order valence-corrected chi connectivity index (χ0v) is 13.5. The number of aliphatic hydroxyl groups is 5. The highest BCUT2D eigenvalue weighted by molar-refractivity contribution is 5.28. The molecular weight excluding hydrogens is 320 g/mol. The van der Waals surface area contributed by atoms with E-state index in [1.165, 1.54) is 7.11 Å². The Kier molecular flexibility index (Phi) is 6.53. The Morgan fingerprint density at radius 1 is 1.08 bits per heavy atom. The van der Waals surface area contributed by atoms with E-state index in [1.54, 1.807) is 31.2 Å². The minimum Gasteiger partial charge on any atom is -0.497 e. The molecule has 0 aliphatic carbocycles. The van der Waals surface area contributed by atoms with Crippen molar-refractivity contribution >= 4 is 0 Å². The molecule has 2 rings (SSSR count). The van der Waals surface area contributed by atoms with Gasteiger partial charge in [-0.15, -0.1) is 0 Å². The molecule has 0 spiro atoms. The van der Waals surface area contributed by atoms with E-state index in [9.17, 15) is 20.4 Å². The highest BCUT2D eigenvalue weighted by Crippen LogP contribution is 2.27. The quantitative estimate of drug-likeness (QED) is 0.441. The Hall–Kier alpha value is -1.26. The van der Waals surface area contributed by atoms with Crippen LogP contribution < -0.4 is 4.74 Å². The molecule has 0 amide bonds. The zero-order valence-electron chi connectivity index (χ0n) is 13.5. The van der Waals surface area contributed by atoms with Crippen LogP contribution in [0.3, 0.4) is 0 Å². The smallest absolute Gasteiger partial charge is 0.187 e. The van der Waals surface area contributed by atoms with Gasteiger partial charge in [0.05, 0.1) is 19.8 Å². The molecule has 1 heterocycles. The molecule has 1 aliphatic heterocycles. The molecule has 0 unspecified atom stereocenters. The van der Waals surface area contributed by atoms with Gasteiger partial charge in [0.15, 0.2) is 6.29 Å². The second-order valence-electron chi connectivity index (χ2n) is 5.76. The summed E-state index contributed by atoms with van der Waals surface area (Å²) in [6.45, 7) is 1.04.